The Labute approximate surface area is 171 Å². The number of fused-ring (bicyclic) bond motifs is 1. The maximum atomic E-state index is 9.81. The highest BCUT2D eigenvalue weighted by atomic mass is 15.0. The van der Waals surface area contributed by atoms with Crippen LogP contribution in [0.3, 0.4) is 0 Å². The monoisotopic (exact) mass is 380 g/mol. The summed E-state index contributed by atoms with van der Waals surface area (Å²) in [6.45, 7) is 10.5. The fraction of sp³-hybridized carbons (Fsp3) is 0.200. The van der Waals surface area contributed by atoms with Gasteiger partial charge in [0, 0.05) is 11.4 Å². The summed E-state index contributed by atoms with van der Waals surface area (Å²) >= 11 is 0. The minimum absolute atomic E-state index is 0.528. The van der Waals surface area contributed by atoms with Crippen LogP contribution in [0.5, 0.6) is 0 Å². The normalized spacial score (nSPS) is 11.8. The van der Waals surface area contributed by atoms with Gasteiger partial charge < -0.3 is 9.55 Å². The molecule has 0 aliphatic carbocycles. The lowest BCUT2D eigenvalue weighted by molar-refractivity contribution is 0.943. The third-order valence-corrected chi connectivity index (χ3v) is 5.45. The summed E-state index contributed by atoms with van der Waals surface area (Å²) < 4.78 is 2.27. The Balaban J connectivity index is 1.84. The summed E-state index contributed by atoms with van der Waals surface area (Å²) in [5.74, 6) is 0.602. The molecule has 0 spiro atoms. The molecule has 0 fully saturated rings. The predicted molar refractivity (Wildman–Crippen MR) is 119 cm³/mol. The molecular formula is C25H24N4. The van der Waals surface area contributed by atoms with E-state index in [1.54, 1.807) is 0 Å². The summed E-state index contributed by atoms with van der Waals surface area (Å²) in [5, 5.41) is 9.81. The van der Waals surface area contributed by atoms with Gasteiger partial charge in [-0.1, -0.05) is 24.3 Å². The van der Waals surface area contributed by atoms with Gasteiger partial charge in [-0.2, -0.15) is 5.26 Å². The number of aryl methyl sites for hydroxylation is 4. The van der Waals surface area contributed by atoms with Crippen molar-refractivity contribution in [2.24, 2.45) is 0 Å². The minimum Gasteiger partial charge on any atom is -0.337 e. The van der Waals surface area contributed by atoms with Crippen molar-refractivity contribution in [3.8, 4) is 11.8 Å². The van der Waals surface area contributed by atoms with Crippen molar-refractivity contribution in [1.29, 1.82) is 5.26 Å². The SMILES string of the molecule is Cc1ccc2nc(C(C#N)=Cc3cc(C)n(-c4c(C)cccc4C)c3C)[nH]c2c1. The van der Waals surface area contributed by atoms with Crippen LogP contribution in [-0.2, 0) is 0 Å². The molecule has 4 nitrogen and oxygen atoms in total. The first-order chi connectivity index (χ1) is 13.9. The lowest BCUT2D eigenvalue weighted by atomic mass is 10.1. The van der Waals surface area contributed by atoms with E-state index in [9.17, 15) is 5.26 Å². The van der Waals surface area contributed by atoms with Crippen molar-refractivity contribution < 1.29 is 0 Å². The Hall–Kier alpha value is -3.58. The first-order valence-corrected chi connectivity index (χ1v) is 9.73. The number of hydrogen-bond acceptors (Lipinski definition) is 2. The zero-order chi connectivity index (χ0) is 20.7. The fourth-order valence-electron chi connectivity index (χ4n) is 4.00. The average Bonchev–Trinajstić information content (AvgIpc) is 3.21. The zero-order valence-corrected chi connectivity index (χ0v) is 17.5. The molecule has 2 heterocycles. The highest BCUT2D eigenvalue weighted by Crippen LogP contribution is 2.28. The Kier molecular flexibility index (Phi) is 4.60. The topological polar surface area (TPSA) is 57.4 Å². The molecule has 29 heavy (non-hydrogen) atoms. The second-order valence-corrected chi connectivity index (χ2v) is 7.68. The second kappa shape index (κ2) is 7.10. The van der Waals surface area contributed by atoms with Crippen LogP contribution in [0.15, 0.2) is 42.5 Å². The Morgan fingerprint density at radius 2 is 1.76 bits per heavy atom. The highest BCUT2D eigenvalue weighted by Gasteiger charge is 2.15. The largest absolute Gasteiger partial charge is 0.337 e. The molecule has 0 aliphatic rings. The smallest absolute Gasteiger partial charge is 0.149 e. The number of benzene rings is 2. The molecule has 4 heteroatoms. The summed E-state index contributed by atoms with van der Waals surface area (Å²) in [5.41, 5.74) is 10.5. The van der Waals surface area contributed by atoms with E-state index in [0.29, 0.717) is 11.4 Å². The molecule has 2 aromatic carbocycles. The Bertz CT molecular complexity index is 1290. The van der Waals surface area contributed by atoms with Gasteiger partial charge in [0.15, 0.2) is 0 Å². The molecule has 2 aromatic heterocycles. The van der Waals surface area contributed by atoms with Crippen molar-refractivity contribution in [3.05, 3.63) is 81.9 Å². The number of para-hydroxylation sites is 1. The summed E-state index contributed by atoms with van der Waals surface area (Å²) in [6, 6.07) is 16.9. The van der Waals surface area contributed by atoms with E-state index in [1.807, 2.05) is 31.2 Å². The molecule has 144 valence electrons. The second-order valence-electron chi connectivity index (χ2n) is 7.68. The van der Waals surface area contributed by atoms with Gasteiger partial charge in [0.2, 0.25) is 0 Å². The molecule has 0 saturated heterocycles. The number of aromatic amines is 1. The quantitative estimate of drug-likeness (QED) is 0.446. The van der Waals surface area contributed by atoms with Crippen LogP contribution >= 0.6 is 0 Å². The number of nitrogens with one attached hydrogen (secondary N) is 1. The van der Waals surface area contributed by atoms with Crippen molar-refractivity contribution in [1.82, 2.24) is 14.5 Å². The first kappa shape index (κ1) is 18.8. The van der Waals surface area contributed by atoms with E-state index in [2.05, 4.69) is 72.6 Å². The van der Waals surface area contributed by atoms with Crippen molar-refractivity contribution in [2.45, 2.75) is 34.6 Å². The predicted octanol–water partition coefficient (Wildman–Crippen LogP) is 5.96. The maximum absolute atomic E-state index is 9.81. The average molecular weight is 380 g/mol. The van der Waals surface area contributed by atoms with Gasteiger partial charge in [0.25, 0.3) is 0 Å². The number of hydrogen-bond donors (Lipinski definition) is 1. The van der Waals surface area contributed by atoms with Gasteiger partial charge >= 0.3 is 0 Å². The molecule has 0 saturated carbocycles. The molecule has 0 amide bonds. The molecule has 0 atom stereocenters. The molecule has 4 aromatic rings. The van der Waals surface area contributed by atoms with Crippen LogP contribution in [0.4, 0.5) is 0 Å². The molecule has 0 aliphatic heterocycles. The van der Waals surface area contributed by atoms with E-state index in [1.165, 1.54) is 16.8 Å². The summed E-state index contributed by atoms with van der Waals surface area (Å²) in [4.78, 5) is 7.90. The van der Waals surface area contributed by atoms with Crippen molar-refractivity contribution >= 4 is 22.7 Å². The van der Waals surface area contributed by atoms with Crippen LogP contribution in [0.25, 0.3) is 28.4 Å². The first-order valence-electron chi connectivity index (χ1n) is 9.73. The zero-order valence-electron chi connectivity index (χ0n) is 17.5. The van der Waals surface area contributed by atoms with E-state index in [-0.39, 0.29) is 0 Å². The van der Waals surface area contributed by atoms with E-state index < -0.39 is 0 Å². The van der Waals surface area contributed by atoms with Crippen molar-refractivity contribution in [2.75, 3.05) is 0 Å². The Morgan fingerprint density at radius 1 is 1.03 bits per heavy atom. The number of rotatable bonds is 3. The van der Waals surface area contributed by atoms with E-state index >= 15 is 0 Å². The van der Waals surface area contributed by atoms with Crippen molar-refractivity contribution in [3.63, 3.8) is 0 Å². The lowest BCUT2D eigenvalue weighted by Gasteiger charge is -2.15. The molecule has 0 unspecified atom stereocenters. The number of nitriles is 1. The molecule has 0 bridgehead atoms. The number of nitrogens with zero attached hydrogens (tertiary/aromatic N) is 3. The standard InChI is InChI=1S/C25H24N4/c1-15-9-10-22-23(11-15)28-25(27-22)21(14-26)13-20-12-18(4)29(19(20)5)24-16(2)7-6-8-17(24)3/h6-13H,1-5H3,(H,27,28). The van der Waals surface area contributed by atoms with Crippen LogP contribution in [0.2, 0.25) is 0 Å². The summed E-state index contributed by atoms with van der Waals surface area (Å²) in [7, 11) is 0. The third kappa shape index (κ3) is 3.25. The molecule has 4 rings (SSSR count). The van der Waals surface area contributed by atoms with Gasteiger partial charge in [-0.3, -0.25) is 0 Å². The van der Waals surface area contributed by atoms with Crippen LogP contribution in [0, 0.1) is 45.9 Å². The van der Waals surface area contributed by atoms with Crippen LogP contribution in [-0.4, -0.2) is 14.5 Å². The molecular weight excluding hydrogens is 356 g/mol. The van der Waals surface area contributed by atoms with Crippen LogP contribution in [0.1, 0.15) is 39.5 Å². The maximum Gasteiger partial charge on any atom is 0.149 e. The minimum atomic E-state index is 0.528. The van der Waals surface area contributed by atoms with E-state index in [4.69, 9.17) is 0 Å². The lowest BCUT2D eigenvalue weighted by Crippen LogP contribution is -2.04. The number of aromatic nitrogens is 3. The Morgan fingerprint density at radius 3 is 2.45 bits per heavy atom. The van der Waals surface area contributed by atoms with Gasteiger partial charge in [0.1, 0.15) is 11.9 Å². The number of imidazole rings is 1. The van der Waals surface area contributed by atoms with Gasteiger partial charge in [-0.15, -0.1) is 0 Å². The van der Waals surface area contributed by atoms with Gasteiger partial charge in [0.05, 0.1) is 22.3 Å². The van der Waals surface area contributed by atoms with E-state index in [0.717, 1.165) is 33.5 Å². The highest BCUT2D eigenvalue weighted by molar-refractivity contribution is 5.91. The third-order valence-electron chi connectivity index (χ3n) is 5.45. The van der Waals surface area contributed by atoms with Gasteiger partial charge in [-0.25, -0.2) is 4.98 Å². The number of allylic oxidation sites excluding steroid dienone is 1. The number of H-pyrrole nitrogens is 1. The van der Waals surface area contributed by atoms with Gasteiger partial charge in [-0.05, 0) is 81.1 Å². The fourth-order valence-corrected chi connectivity index (χ4v) is 4.00. The summed E-state index contributed by atoms with van der Waals surface area (Å²) in [6.07, 6.45) is 1.93. The molecule has 0 radical (unpaired) electrons. The van der Waals surface area contributed by atoms with Crippen LogP contribution < -0.4 is 0 Å². The molecule has 1 N–H and O–H groups in total.